The molecule has 0 bridgehead atoms. The number of nitrogens with zero attached hydrogens (tertiary/aromatic N) is 2. The Balaban J connectivity index is 2.17. The zero-order valence-corrected chi connectivity index (χ0v) is 13.7. The number of rotatable bonds is 7. The second-order valence-electron chi connectivity index (χ2n) is 5.52. The Hall–Kier alpha value is -2.31. The van der Waals surface area contributed by atoms with Crippen LogP contribution < -0.4 is 10.6 Å². The van der Waals surface area contributed by atoms with Crippen molar-refractivity contribution in [1.29, 1.82) is 0 Å². The third-order valence-corrected chi connectivity index (χ3v) is 3.41. The van der Waals surface area contributed by atoms with Crippen LogP contribution in [0.5, 0.6) is 0 Å². The summed E-state index contributed by atoms with van der Waals surface area (Å²) in [6.07, 6.45) is -1.22. The molecule has 0 radical (unpaired) electrons. The zero-order valence-electron chi connectivity index (χ0n) is 13.7. The molecule has 2 rings (SSSR count). The van der Waals surface area contributed by atoms with Crippen LogP contribution in [0, 0.1) is 6.92 Å². The van der Waals surface area contributed by atoms with E-state index in [9.17, 15) is 13.2 Å². The number of unbranched alkanes of at least 4 members (excludes halogenated alkanes) is 2. The Bertz CT molecular complexity index is 671. The Kier molecular flexibility index (Phi) is 6.00. The van der Waals surface area contributed by atoms with Crippen molar-refractivity contribution in [2.45, 2.75) is 39.3 Å². The Morgan fingerprint density at radius 3 is 2.54 bits per heavy atom. The quantitative estimate of drug-likeness (QED) is 0.686. The van der Waals surface area contributed by atoms with E-state index >= 15 is 0 Å². The summed E-state index contributed by atoms with van der Waals surface area (Å²) in [5.41, 5.74) is -0.0752. The number of hydrogen-bond donors (Lipinski definition) is 2. The van der Waals surface area contributed by atoms with Gasteiger partial charge in [0, 0.05) is 18.3 Å². The number of para-hydroxylation sites is 1. The molecule has 0 unspecified atom stereocenters. The van der Waals surface area contributed by atoms with Crippen molar-refractivity contribution >= 4 is 17.5 Å². The van der Waals surface area contributed by atoms with Crippen molar-refractivity contribution < 1.29 is 13.2 Å². The van der Waals surface area contributed by atoms with Crippen molar-refractivity contribution in [3.8, 4) is 0 Å². The van der Waals surface area contributed by atoms with E-state index in [2.05, 4.69) is 27.5 Å². The smallest absolute Gasteiger partial charge is 0.354 e. The number of nitrogens with one attached hydrogen (secondary N) is 2. The molecule has 0 fully saturated rings. The highest BCUT2D eigenvalue weighted by Crippen LogP contribution is 2.35. The largest absolute Gasteiger partial charge is 0.418 e. The highest BCUT2D eigenvalue weighted by molar-refractivity contribution is 5.62. The van der Waals surface area contributed by atoms with Gasteiger partial charge in [0.05, 0.1) is 11.3 Å². The van der Waals surface area contributed by atoms with Gasteiger partial charge in [-0.1, -0.05) is 31.9 Å². The summed E-state index contributed by atoms with van der Waals surface area (Å²) in [5, 5.41) is 5.86. The van der Waals surface area contributed by atoms with E-state index in [-0.39, 0.29) is 5.69 Å². The normalized spacial score (nSPS) is 11.4. The molecule has 0 aliphatic rings. The molecule has 2 aromatic rings. The summed E-state index contributed by atoms with van der Waals surface area (Å²) in [7, 11) is 0. The number of anilines is 3. The molecule has 1 aromatic carbocycles. The van der Waals surface area contributed by atoms with Crippen LogP contribution in [-0.4, -0.2) is 16.5 Å². The zero-order chi connectivity index (χ0) is 17.6. The summed E-state index contributed by atoms with van der Waals surface area (Å²) < 4.78 is 39.2. The average molecular weight is 338 g/mol. The lowest BCUT2D eigenvalue weighted by Gasteiger charge is -2.15. The van der Waals surface area contributed by atoms with E-state index in [4.69, 9.17) is 0 Å². The first-order chi connectivity index (χ1) is 11.4. The van der Waals surface area contributed by atoms with Gasteiger partial charge < -0.3 is 10.6 Å². The van der Waals surface area contributed by atoms with Crippen molar-refractivity contribution in [2.75, 3.05) is 17.2 Å². The van der Waals surface area contributed by atoms with Crippen LogP contribution in [0.2, 0.25) is 0 Å². The van der Waals surface area contributed by atoms with Crippen molar-refractivity contribution in [2.24, 2.45) is 0 Å². The Morgan fingerprint density at radius 1 is 1.08 bits per heavy atom. The molecule has 1 aromatic heterocycles. The fourth-order valence-corrected chi connectivity index (χ4v) is 2.26. The Labute approximate surface area is 139 Å². The maximum atomic E-state index is 13.1. The predicted molar refractivity (Wildman–Crippen MR) is 89.5 cm³/mol. The standard InChI is InChI=1S/C17H21F3N4/c1-3-4-7-10-21-16-22-12(2)11-15(24-16)23-14-9-6-5-8-13(14)17(18,19)20/h5-6,8-9,11H,3-4,7,10H2,1-2H3,(H2,21,22,23,24). The SMILES string of the molecule is CCCCCNc1nc(C)cc(Nc2ccccc2C(F)(F)F)n1. The molecular weight excluding hydrogens is 317 g/mol. The van der Waals surface area contributed by atoms with E-state index < -0.39 is 11.7 Å². The molecule has 7 heteroatoms. The first-order valence-electron chi connectivity index (χ1n) is 7.93. The van der Waals surface area contributed by atoms with E-state index in [1.54, 1.807) is 19.1 Å². The highest BCUT2D eigenvalue weighted by Gasteiger charge is 2.33. The minimum atomic E-state index is -4.42. The minimum Gasteiger partial charge on any atom is -0.354 e. The molecule has 0 atom stereocenters. The third-order valence-electron chi connectivity index (χ3n) is 3.41. The van der Waals surface area contributed by atoms with Crippen LogP contribution in [0.3, 0.4) is 0 Å². The molecule has 0 amide bonds. The van der Waals surface area contributed by atoms with Gasteiger partial charge in [-0.15, -0.1) is 0 Å². The molecule has 0 saturated heterocycles. The summed E-state index contributed by atoms with van der Waals surface area (Å²) in [6, 6.07) is 6.95. The van der Waals surface area contributed by atoms with Gasteiger partial charge in [-0.3, -0.25) is 0 Å². The maximum absolute atomic E-state index is 13.1. The minimum absolute atomic E-state index is 0.0277. The van der Waals surface area contributed by atoms with Gasteiger partial charge in [0.2, 0.25) is 5.95 Å². The lowest BCUT2D eigenvalue weighted by Crippen LogP contribution is -2.10. The summed E-state index contributed by atoms with van der Waals surface area (Å²) in [5.74, 6) is 0.746. The molecule has 0 spiro atoms. The van der Waals surface area contributed by atoms with Gasteiger partial charge in [-0.2, -0.15) is 18.2 Å². The number of alkyl halides is 3. The lowest BCUT2D eigenvalue weighted by atomic mass is 10.1. The van der Waals surface area contributed by atoms with Gasteiger partial charge in [-0.25, -0.2) is 4.98 Å². The molecule has 0 aliphatic heterocycles. The molecule has 0 aliphatic carbocycles. The molecule has 0 saturated carbocycles. The van der Waals surface area contributed by atoms with E-state index in [1.165, 1.54) is 12.1 Å². The van der Waals surface area contributed by atoms with Crippen LogP contribution in [0.1, 0.15) is 37.4 Å². The molecule has 24 heavy (non-hydrogen) atoms. The van der Waals surface area contributed by atoms with Crippen LogP contribution in [0.25, 0.3) is 0 Å². The van der Waals surface area contributed by atoms with Crippen LogP contribution >= 0.6 is 0 Å². The molecule has 2 N–H and O–H groups in total. The summed E-state index contributed by atoms with van der Waals surface area (Å²) >= 11 is 0. The average Bonchev–Trinajstić information content (AvgIpc) is 2.50. The third kappa shape index (κ3) is 5.11. The van der Waals surface area contributed by atoms with Gasteiger partial charge in [-0.05, 0) is 25.5 Å². The topological polar surface area (TPSA) is 49.8 Å². The summed E-state index contributed by atoms with van der Waals surface area (Å²) in [4.78, 5) is 8.51. The van der Waals surface area contributed by atoms with Gasteiger partial charge in [0.15, 0.2) is 0 Å². The van der Waals surface area contributed by atoms with Gasteiger partial charge in [0.25, 0.3) is 0 Å². The second kappa shape index (κ2) is 7.99. The molecule has 130 valence electrons. The van der Waals surface area contributed by atoms with Crippen LogP contribution in [-0.2, 0) is 6.18 Å². The first-order valence-corrected chi connectivity index (χ1v) is 7.93. The van der Waals surface area contributed by atoms with Gasteiger partial charge in [0.1, 0.15) is 5.82 Å². The fourth-order valence-electron chi connectivity index (χ4n) is 2.26. The van der Waals surface area contributed by atoms with Crippen molar-refractivity contribution in [3.05, 3.63) is 41.6 Å². The molecule has 4 nitrogen and oxygen atoms in total. The second-order valence-corrected chi connectivity index (χ2v) is 5.52. The predicted octanol–water partition coefficient (Wildman–Crippen LogP) is 5.15. The van der Waals surface area contributed by atoms with E-state index in [0.717, 1.165) is 31.9 Å². The van der Waals surface area contributed by atoms with Crippen molar-refractivity contribution in [1.82, 2.24) is 9.97 Å². The first kappa shape index (κ1) is 18.0. The molecule has 1 heterocycles. The highest BCUT2D eigenvalue weighted by atomic mass is 19.4. The monoisotopic (exact) mass is 338 g/mol. The van der Waals surface area contributed by atoms with Crippen LogP contribution in [0.4, 0.5) is 30.6 Å². The molecular formula is C17H21F3N4. The van der Waals surface area contributed by atoms with E-state index in [1.807, 2.05) is 0 Å². The van der Waals surface area contributed by atoms with Crippen LogP contribution in [0.15, 0.2) is 30.3 Å². The van der Waals surface area contributed by atoms with Crippen molar-refractivity contribution in [3.63, 3.8) is 0 Å². The summed E-state index contributed by atoms with van der Waals surface area (Å²) in [6.45, 7) is 4.62. The number of hydrogen-bond acceptors (Lipinski definition) is 4. The van der Waals surface area contributed by atoms with E-state index in [0.29, 0.717) is 17.5 Å². The number of halogens is 3. The Morgan fingerprint density at radius 2 is 1.83 bits per heavy atom. The number of benzene rings is 1. The fraction of sp³-hybridized carbons (Fsp3) is 0.412. The van der Waals surface area contributed by atoms with Gasteiger partial charge >= 0.3 is 6.18 Å². The maximum Gasteiger partial charge on any atom is 0.418 e. The number of aryl methyl sites for hydroxylation is 1. The number of aromatic nitrogens is 2. The lowest BCUT2D eigenvalue weighted by molar-refractivity contribution is -0.136.